The summed E-state index contributed by atoms with van der Waals surface area (Å²) in [4.78, 5) is 0. The highest BCUT2D eigenvalue weighted by atomic mass is 16.3. The summed E-state index contributed by atoms with van der Waals surface area (Å²) in [6.07, 6.45) is 13.9. The molecule has 2 fully saturated rings. The molecule has 7 atom stereocenters. The molecule has 2 saturated carbocycles. The zero-order valence-electron chi connectivity index (χ0n) is 20.8. The predicted octanol–water partition coefficient (Wildman–Crippen LogP) is 8.09. The van der Waals surface area contributed by atoms with Gasteiger partial charge in [0.25, 0.3) is 0 Å². The van der Waals surface area contributed by atoms with Gasteiger partial charge in [0.1, 0.15) is 0 Å². The molecule has 1 heteroatoms. The van der Waals surface area contributed by atoms with Crippen LogP contribution in [-0.2, 0) is 0 Å². The molecule has 0 radical (unpaired) electrons. The molecule has 30 heavy (non-hydrogen) atoms. The molecule has 0 amide bonds. The van der Waals surface area contributed by atoms with Gasteiger partial charge in [-0.3, -0.25) is 0 Å². The standard InChI is InChI=1S/C29H48O/c1-19(2)20(3)8-9-21(4)24-13-16-29(7)26-11-10-22-18-23(30)12-15-27(22,5)25(26)14-17-28(24,29)6/h19,21-24,30H,3,8-18H2,1-2,4-7H3. The SMILES string of the molecule is C=C(CCC(C)C1CCC2(C)C3=C(CCC12C)C1(C)CCC(O)CC1CC3)C(C)C. The number of hydrogen-bond acceptors (Lipinski definition) is 1. The van der Waals surface area contributed by atoms with E-state index < -0.39 is 0 Å². The van der Waals surface area contributed by atoms with Crippen LogP contribution < -0.4 is 0 Å². The topological polar surface area (TPSA) is 20.2 Å². The fourth-order valence-electron chi connectivity index (χ4n) is 8.68. The minimum atomic E-state index is -0.0491. The lowest BCUT2D eigenvalue weighted by atomic mass is 9.46. The molecule has 4 aliphatic carbocycles. The van der Waals surface area contributed by atoms with Gasteiger partial charge in [0.15, 0.2) is 0 Å². The lowest BCUT2D eigenvalue weighted by molar-refractivity contribution is -0.00485. The predicted molar refractivity (Wildman–Crippen MR) is 128 cm³/mol. The Hall–Kier alpha value is -0.560. The summed E-state index contributed by atoms with van der Waals surface area (Å²) < 4.78 is 0. The molecule has 0 aromatic heterocycles. The van der Waals surface area contributed by atoms with Crippen LogP contribution >= 0.6 is 0 Å². The van der Waals surface area contributed by atoms with Gasteiger partial charge in [-0.2, -0.15) is 0 Å². The van der Waals surface area contributed by atoms with E-state index in [2.05, 4.69) is 48.1 Å². The van der Waals surface area contributed by atoms with Crippen LogP contribution in [0.4, 0.5) is 0 Å². The molecule has 1 nitrogen and oxygen atoms in total. The second kappa shape index (κ2) is 7.79. The number of aliphatic hydroxyl groups excluding tert-OH is 1. The molecule has 1 N–H and O–H groups in total. The van der Waals surface area contributed by atoms with Crippen molar-refractivity contribution in [2.75, 3.05) is 0 Å². The third-order valence-electron chi connectivity index (χ3n) is 11.3. The molecule has 170 valence electrons. The summed E-state index contributed by atoms with van der Waals surface area (Å²) in [5.41, 5.74) is 6.41. The maximum Gasteiger partial charge on any atom is 0.0543 e. The molecule has 4 aliphatic rings. The Balaban J connectivity index is 1.59. The summed E-state index contributed by atoms with van der Waals surface area (Å²) in [6, 6.07) is 0. The van der Waals surface area contributed by atoms with Crippen LogP contribution in [-0.4, -0.2) is 11.2 Å². The molecule has 0 bridgehead atoms. The van der Waals surface area contributed by atoms with E-state index in [1.165, 1.54) is 63.4 Å². The zero-order chi connectivity index (χ0) is 21.9. The average Bonchev–Trinajstić information content (AvgIpc) is 2.97. The molecule has 0 saturated heterocycles. The summed E-state index contributed by atoms with van der Waals surface area (Å²) in [5, 5.41) is 10.3. The number of aliphatic hydroxyl groups is 1. The monoisotopic (exact) mass is 412 g/mol. The summed E-state index contributed by atoms with van der Waals surface area (Å²) in [5.74, 6) is 2.99. The number of hydrogen-bond donors (Lipinski definition) is 1. The maximum absolute atomic E-state index is 10.3. The Bertz CT molecular complexity index is 716. The molecule has 4 rings (SSSR count). The number of rotatable bonds is 5. The van der Waals surface area contributed by atoms with Crippen molar-refractivity contribution in [2.24, 2.45) is 39.9 Å². The van der Waals surface area contributed by atoms with E-state index in [4.69, 9.17) is 0 Å². The fraction of sp³-hybridized carbons (Fsp3) is 0.862. The highest BCUT2D eigenvalue weighted by Crippen LogP contribution is 2.71. The van der Waals surface area contributed by atoms with E-state index in [0.717, 1.165) is 24.7 Å². The lowest BCUT2D eigenvalue weighted by Crippen LogP contribution is -2.49. The van der Waals surface area contributed by atoms with E-state index in [0.29, 0.717) is 28.1 Å². The van der Waals surface area contributed by atoms with Gasteiger partial charge >= 0.3 is 0 Å². The first-order valence-electron chi connectivity index (χ1n) is 13.1. The van der Waals surface area contributed by atoms with Gasteiger partial charge in [0.05, 0.1) is 6.10 Å². The largest absolute Gasteiger partial charge is 0.393 e. The van der Waals surface area contributed by atoms with Crippen LogP contribution in [0.5, 0.6) is 0 Å². The average molecular weight is 413 g/mol. The van der Waals surface area contributed by atoms with Crippen LogP contribution in [0, 0.1) is 39.9 Å². The zero-order valence-corrected chi connectivity index (χ0v) is 20.8. The van der Waals surface area contributed by atoms with Gasteiger partial charge in [-0.15, -0.1) is 0 Å². The molecular weight excluding hydrogens is 364 g/mol. The van der Waals surface area contributed by atoms with Crippen molar-refractivity contribution in [3.8, 4) is 0 Å². The first-order valence-corrected chi connectivity index (χ1v) is 13.1. The van der Waals surface area contributed by atoms with Gasteiger partial charge in [-0.25, -0.2) is 0 Å². The third kappa shape index (κ3) is 3.28. The van der Waals surface area contributed by atoms with Gasteiger partial charge < -0.3 is 5.11 Å². The van der Waals surface area contributed by atoms with Crippen LogP contribution in [0.2, 0.25) is 0 Å². The Morgan fingerprint density at radius 3 is 2.43 bits per heavy atom. The Morgan fingerprint density at radius 2 is 1.73 bits per heavy atom. The molecule has 7 unspecified atom stereocenters. The van der Waals surface area contributed by atoms with Gasteiger partial charge in [0.2, 0.25) is 0 Å². The highest BCUT2D eigenvalue weighted by molar-refractivity contribution is 5.38. The Labute approximate surface area is 186 Å². The van der Waals surface area contributed by atoms with Crippen molar-refractivity contribution >= 4 is 0 Å². The van der Waals surface area contributed by atoms with E-state index in [1.54, 1.807) is 0 Å². The molecule has 0 aromatic rings. The van der Waals surface area contributed by atoms with Gasteiger partial charge in [-0.05, 0) is 111 Å². The molecule has 0 aliphatic heterocycles. The first-order chi connectivity index (χ1) is 14.0. The summed E-state index contributed by atoms with van der Waals surface area (Å²) in [7, 11) is 0. The molecular formula is C29H48O. The van der Waals surface area contributed by atoms with Crippen LogP contribution in [0.15, 0.2) is 23.3 Å². The maximum atomic E-state index is 10.3. The number of fused-ring (bicyclic) bond motifs is 4. The van der Waals surface area contributed by atoms with Crippen LogP contribution in [0.3, 0.4) is 0 Å². The van der Waals surface area contributed by atoms with Crippen molar-refractivity contribution in [1.82, 2.24) is 0 Å². The number of allylic oxidation sites excluding steroid dienone is 3. The summed E-state index contributed by atoms with van der Waals surface area (Å²) >= 11 is 0. The van der Waals surface area contributed by atoms with Crippen molar-refractivity contribution in [1.29, 1.82) is 0 Å². The normalized spacial score (nSPS) is 44.5. The van der Waals surface area contributed by atoms with Crippen molar-refractivity contribution in [3.63, 3.8) is 0 Å². The van der Waals surface area contributed by atoms with E-state index in [1.807, 2.05) is 11.1 Å². The second-order valence-electron chi connectivity index (χ2n) is 12.8. The van der Waals surface area contributed by atoms with Crippen LogP contribution in [0.25, 0.3) is 0 Å². The molecule has 0 aromatic carbocycles. The van der Waals surface area contributed by atoms with E-state index >= 15 is 0 Å². The molecule has 0 spiro atoms. The minimum absolute atomic E-state index is 0.0491. The van der Waals surface area contributed by atoms with Gasteiger partial charge in [0, 0.05) is 0 Å². The van der Waals surface area contributed by atoms with Gasteiger partial charge in [-0.1, -0.05) is 64.8 Å². The summed E-state index contributed by atoms with van der Waals surface area (Å²) in [6.45, 7) is 19.4. The highest BCUT2D eigenvalue weighted by Gasteiger charge is 2.61. The Kier molecular flexibility index (Phi) is 5.87. The van der Waals surface area contributed by atoms with E-state index in [-0.39, 0.29) is 6.10 Å². The lowest BCUT2D eigenvalue weighted by Gasteiger charge is -2.59. The van der Waals surface area contributed by atoms with E-state index in [9.17, 15) is 5.11 Å². The van der Waals surface area contributed by atoms with Crippen molar-refractivity contribution in [2.45, 2.75) is 118 Å². The minimum Gasteiger partial charge on any atom is -0.393 e. The fourth-order valence-corrected chi connectivity index (χ4v) is 8.68. The second-order valence-corrected chi connectivity index (χ2v) is 12.8. The van der Waals surface area contributed by atoms with Crippen molar-refractivity contribution < 1.29 is 5.11 Å². The van der Waals surface area contributed by atoms with Crippen molar-refractivity contribution in [3.05, 3.63) is 23.3 Å². The quantitative estimate of drug-likeness (QED) is 0.452. The Morgan fingerprint density at radius 1 is 1.00 bits per heavy atom. The third-order valence-corrected chi connectivity index (χ3v) is 11.3. The first kappa shape index (κ1) is 22.6. The smallest absolute Gasteiger partial charge is 0.0543 e. The van der Waals surface area contributed by atoms with Crippen LogP contribution in [0.1, 0.15) is 112 Å². The molecule has 0 heterocycles.